The fourth-order valence-corrected chi connectivity index (χ4v) is 2.41. The van der Waals surface area contributed by atoms with Crippen LogP contribution in [0.15, 0.2) is 17.7 Å². The number of piperidine rings is 1. The number of anilines is 1. The van der Waals surface area contributed by atoms with Crippen molar-refractivity contribution in [2.45, 2.75) is 19.3 Å². The molecule has 0 aliphatic carbocycles. The van der Waals surface area contributed by atoms with Gasteiger partial charge in [0.2, 0.25) is 0 Å². The van der Waals surface area contributed by atoms with Crippen molar-refractivity contribution in [1.29, 1.82) is 0 Å². The van der Waals surface area contributed by atoms with E-state index in [4.69, 9.17) is 12.2 Å². The van der Waals surface area contributed by atoms with Crippen molar-refractivity contribution in [1.82, 2.24) is 4.90 Å². The first kappa shape index (κ1) is 15.6. The van der Waals surface area contributed by atoms with Gasteiger partial charge in [0, 0.05) is 18.7 Å². The Labute approximate surface area is 128 Å². The Bertz CT molecular complexity index is 644. The van der Waals surface area contributed by atoms with Gasteiger partial charge in [-0.1, -0.05) is 5.92 Å². The van der Waals surface area contributed by atoms with Gasteiger partial charge in [-0.2, -0.15) is 0 Å². The van der Waals surface area contributed by atoms with E-state index in [2.05, 4.69) is 5.92 Å². The van der Waals surface area contributed by atoms with Crippen molar-refractivity contribution < 1.29 is 20.1 Å². The van der Waals surface area contributed by atoms with Crippen LogP contribution >= 0.6 is 0 Å². The molecule has 1 amide bonds. The van der Waals surface area contributed by atoms with E-state index >= 15 is 0 Å². The Morgan fingerprint density at radius 2 is 1.86 bits per heavy atom. The lowest BCUT2D eigenvalue weighted by molar-refractivity contribution is -0.127. The standard InChI is InChI=1S/C16H18N2O4/c1-2-11(16(22)18-6-4-3-5-7-18)14(20)10-8-12(17)15(21)13(19)9-10/h1,8-9,19-21H,3-7,17H2/b14-11-. The molecule has 6 heteroatoms. The molecule has 0 aromatic heterocycles. The number of carbonyl (C=O) groups is 1. The highest BCUT2D eigenvalue weighted by atomic mass is 16.3. The quantitative estimate of drug-likeness (QED) is 0.218. The topological polar surface area (TPSA) is 107 Å². The predicted octanol–water partition coefficient (Wildman–Crippen LogP) is 1.59. The van der Waals surface area contributed by atoms with Gasteiger partial charge in [0.1, 0.15) is 11.3 Å². The molecule has 0 bridgehead atoms. The molecule has 0 radical (unpaired) electrons. The summed E-state index contributed by atoms with van der Waals surface area (Å²) in [6.45, 7) is 1.19. The summed E-state index contributed by atoms with van der Waals surface area (Å²) in [5.41, 5.74) is 5.29. The van der Waals surface area contributed by atoms with E-state index in [1.54, 1.807) is 4.90 Å². The highest BCUT2D eigenvalue weighted by molar-refractivity contribution is 6.04. The summed E-state index contributed by atoms with van der Waals surface area (Å²) in [5.74, 6) is 0.353. The lowest BCUT2D eigenvalue weighted by Gasteiger charge is -2.26. The summed E-state index contributed by atoms with van der Waals surface area (Å²) in [7, 11) is 0. The Morgan fingerprint density at radius 3 is 2.41 bits per heavy atom. The van der Waals surface area contributed by atoms with Gasteiger partial charge in [-0.05, 0) is 31.4 Å². The van der Waals surface area contributed by atoms with E-state index in [-0.39, 0.29) is 16.8 Å². The Morgan fingerprint density at radius 1 is 1.23 bits per heavy atom. The number of terminal acetylenes is 1. The summed E-state index contributed by atoms with van der Waals surface area (Å²) in [6.07, 6.45) is 8.23. The number of aliphatic hydroxyl groups is 1. The van der Waals surface area contributed by atoms with Crippen molar-refractivity contribution in [3.8, 4) is 23.8 Å². The number of nitrogens with two attached hydrogens (primary N) is 1. The van der Waals surface area contributed by atoms with Crippen LogP contribution in [0, 0.1) is 12.3 Å². The van der Waals surface area contributed by atoms with E-state index in [1.807, 2.05) is 0 Å². The molecule has 1 fully saturated rings. The molecule has 6 nitrogen and oxygen atoms in total. The molecule has 0 unspecified atom stereocenters. The fourth-order valence-electron chi connectivity index (χ4n) is 2.41. The third kappa shape index (κ3) is 2.93. The summed E-state index contributed by atoms with van der Waals surface area (Å²) in [5, 5.41) is 29.3. The summed E-state index contributed by atoms with van der Waals surface area (Å²) in [6, 6.07) is 2.34. The molecular formula is C16H18N2O4. The van der Waals surface area contributed by atoms with Gasteiger partial charge < -0.3 is 26.0 Å². The second-order valence-corrected chi connectivity index (χ2v) is 5.15. The lowest BCUT2D eigenvalue weighted by atomic mass is 10.0. The number of amides is 1. The normalized spacial score (nSPS) is 15.9. The van der Waals surface area contributed by atoms with Crippen molar-refractivity contribution >= 4 is 17.4 Å². The molecular weight excluding hydrogens is 284 g/mol. The number of benzene rings is 1. The predicted molar refractivity (Wildman–Crippen MR) is 83.0 cm³/mol. The van der Waals surface area contributed by atoms with Crippen LogP contribution in [0.25, 0.3) is 5.76 Å². The van der Waals surface area contributed by atoms with Crippen molar-refractivity contribution in [2.24, 2.45) is 0 Å². The number of carbonyl (C=O) groups excluding carboxylic acids is 1. The number of phenolic OH excluding ortho intramolecular Hbond substituents is 2. The number of phenols is 2. The molecule has 1 aromatic rings. The zero-order valence-electron chi connectivity index (χ0n) is 12.0. The molecule has 2 rings (SSSR count). The SMILES string of the molecule is C#C/C(C(=O)N1CCCCC1)=C(/O)c1cc(N)c(O)c(O)c1. The highest BCUT2D eigenvalue weighted by Crippen LogP contribution is 2.35. The van der Waals surface area contributed by atoms with Crippen LogP contribution in [0.5, 0.6) is 11.5 Å². The largest absolute Gasteiger partial charge is 0.506 e. The lowest BCUT2D eigenvalue weighted by Crippen LogP contribution is -2.36. The number of aromatic hydroxyl groups is 2. The van der Waals surface area contributed by atoms with Gasteiger partial charge in [0.25, 0.3) is 5.91 Å². The van der Waals surface area contributed by atoms with Crippen LogP contribution in [-0.2, 0) is 4.79 Å². The van der Waals surface area contributed by atoms with E-state index in [0.29, 0.717) is 13.1 Å². The minimum Gasteiger partial charge on any atom is -0.506 e. The number of hydrogen-bond acceptors (Lipinski definition) is 5. The van der Waals surface area contributed by atoms with Gasteiger partial charge in [-0.25, -0.2) is 0 Å². The van der Waals surface area contributed by atoms with Crippen molar-refractivity contribution in [3.63, 3.8) is 0 Å². The number of rotatable bonds is 2. The molecule has 1 heterocycles. The van der Waals surface area contributed by atoms with E-state index in [0.717, 1.165) is 25.3 Å². The highest BCUT2D eigenvalue weighted by Gasteiger charge is 2.23. The van der Waals surface area contributed by atoms with Gasteiger partial charge in [0.15, 0.2) is 11.5 Å². The molecule has 1 aromatic carbocycles. The maximum atomic E-state index is 12.4. The van der Waals surface area contributed by atoms with E-state index in [9.17, 15) is 20.1 Å². The minimum absolute atomic E-state index is 0.0751. The van der Waals surface area contributed by atoms with Gasteiger partial charge in [0.05, 0.1) is 5.69 Å². The zero-order chi connectivity index (χ0) is 16.3. The van der Waals surface area contributed by atoms with E-state index in [1.165, 1.54) is 6.07 Å². The summed E-state index contributed by atoms with van der Waals surface area (Å²) >= 11 is 0. The fraction of sp³-hybridized carbons (Fsp3) is 0.312. The minimum atomic E-state index is -0.497. The smallest absolute Gasteiger partial charge is 0.266 e. The number of aliphatic hydroxyl groups excluding tert-OH is 1. The maximum Gasteiger partial charge on any atom is 0.266 e. The Hall–Kier alpha value is -2.81. The first-order valence-electron chi connectivity index (χ1n) is 6.96. The monoisotopic (exact) mass is 302 g/mol. The second-order valence-electron chi connectivity index (χ2n) is 5.15. The van der Waals surface area contributed by atoms with Crippen molar-refractivity contribution in [3.05, 3.63) is 23.3 Å². The molecule has 0 saturated carbocycles. The van der Waals surface area contributed by atoms with Crippen LogP contribution in [0.1, 0.15) is 24.8 Å². The molecule has 1 aliphatic heterocycles. The van der Waals surface area contributed by atoms with Gasteiger partial charge >= 0.3 is 0 Å². The molecule has 0 spiro atoms. The van der Waals surface area contributed by atoms with Gasteiger partial charge in [-0.15, -0.1) is 6.42 Å². The first-order valence-corrected chi connectivity index (χ1v) is 6.96. The van der Waals surface area contributed by atoms with Crippen LogP contribution < -0.4 is 5.73 Å². The Kier molecular flexibility index (Phi) is 4.47. The average Bonchev–Trinajstić information content (AvgIpc) is 2.53. The molecule has 1 saturated heterocycles. The number of likely N-dealkylation sites (tertiary alicyclic amines) is 1. The molecule has 116 valence electrons. The summed E-state index contributed by atoms with van der Waals surface area (Å²) < 4.78 is 0. The number of hydrogen-bond donors (Lipinski definition) is 4. The molecule has 22 heavy (non-hydrogen) atoms. The van der Waals surface area contributed by atoms with Crippen LogP contribution in [0.3, 0.4) is 0 Å². The molecule has 0 atom stereocenters. The van der Waals surface area contributed by atoms with Gasteiger partial charge in [-0.3, -0.25) is 4.79 Å². The van der Waals surface area contributed by atoms with Crippen LogP contribution in [-0.4, -0.2) is 39.2 Å². The van der Waals surface area contributed by atoms with E-state index < -0.39 is 23.2 Å². The molecule has 1 aliphatic rings. The van der Waals surface area contributed by atoms with Crippen molar-refractivity contribution in [2.75, 3.05) is 18.8 Å². The number of nitrogen functional groups attached to an aromatic ring is 1. The molecule has 5 N–H and O–H groups in total. The summed E-state index contributed by atoms with van der Waals surface area (Å²) in [4.78, 5) is 14.0. The third-order valence-corrected chi connectivity index (χ3v) is 3.63. The van der Waals surface area contributed by atoms with Crippen LogP contribution in [0.4, 0.5) is 5.69 Å². The maximum absolute atomic E-state index is 12.4. The number of nitrogens with zero attached hydrogens (tertiary/aromatic N) is 1. The van der Waals surface area contributed by atoms with Crippen LogP contribution in [0.2, 0.25) is 0 Å². The Balaban J connectivity index is 2.40. The zero-order valence-corrected chi connectivity index (χ0v) is 12.0. The first-order chi connectivity index (χ1) is 10.5. The second kappa shape index (κ2) is 6.31. The average molecular weight is 302 g/mol. The third-order valence-electron chi connectivity index (χ3n) is 3.63.